The molecule has 1 saturated heterocycles. The molecular formula is C18H21N7O2. The molecule has 3 aromatic rings. The van der Waals surface area contributed by atoms with Crippen molar-refractivity contribution in [2.75, 3.05) is 31.1 Å². The highest BCUT2D eigenvalue weighted by molar-refractivity contribution is 5.94. The summed E-state index contributed by atoms with van der Waals surface area (Å²) in [7, 11) is 0. The topological polar surface area (TPSA) is 92.7 Å². The van der Waals surface area contributed by atoms with Crippen LogP contribution in [0.15, 0.2) is 16.9 Å². The second kappa shape index (κ2) is 6.33. The smallest absolute Gasteiger partial charge is 0.276 e. The number of nitrogens with zero attached hydrogens (tertiary/aromatic N) is 7. The van der Waals surface area contributed by atoms with E-state index in [0.29, 0.717) is 24.6 Å². The van der Waals surface area contributed by atoms with Crippen LogP contribution in [0, 0.1) is 6.92 Å². The highest BCUT2D eigenvalue weighted by Crippen LogP contribution is 2.26. The summed E-state index contributed by atoms with van der Waals surface area (Å²) in [6.45, 7) is 4.68. The van der Waals surface area contributed by atoms with E-state index in [1.54, 1.807) is 4.52 Å². The SMILES string of the molecule is Cc1cc(N2CCN(C(=O)c3noc4c3CCCC4)CC2)n2ncnc2n1. The average Bonchev–Trinajstić information content (AvgIpc) is 3.33. The van der Waals surface area contributed by atoms with Crippen LogP contribution in [0.3, 0.4) is 0 Å². The number of piperazine rings is 1. The third-order valence-corrected chi connectivity index (χ3v) is 5.40. The second-order valence-corrected chi connectivity index (χ2v) is 7.15. The van der Waals surface area contributed by atoms with E-state index in [1.165, 1.54) is 6.33 Å². The molecule has 1 aliphatic carbocycles. The van der Waals surface area contributed by atoms with E-state index < -0.39 is 0 Å². The fourth-order valence-electron chi connectivity index (χ4n) is 3.98. The van der Waals surface area contributed by atoms with Crippen LogP contribution in [0.1, 0.15) is 40.3 Å². The highest BCUT2D eigenvalue weighted by atomic mass is 16.5. The van der Waals surface area contributed by atoms with Crippen molar-refractivity contribution in [1.29, 1.82) is 0 Å². The Labute approximate surface area is 156 Å². The van der Waals surface area contributed by atoms with Crippen molar-refractivity contribution in [3.05, 3.63) is 35.1 Å². The number of hydrogen-bond donors (Lipinski definition) is 0. The number of rotatable bonds is 2. The summed E-state index contributed by atoms with van der Waals surface area (Å²) in [5.41, 5.74) is 2.43. The van der Waals surface area contributed by atoms with Crippen molar-refractivity contribution >= 4 is 17.5 Å². The van der Waals surface area contributed by atoms with Gasteiger partial charge < -0.3 is 14.3 Å². The lowest BCUT2D eigenvalue weighted by molar-refractivity contribution is 0.0735. The maximum Gasteiger partial charge on any atom is 0.276 e. The van der Waals surface area contributed by atoms with Crippen LogP contribution < -0.4 is 4.90 Å². The number of anilines is 1. The minimum Gasteiger partial charge on any atom is -0.360 e. The van der Waals surface area contributed by atoms with E-state index in [9.17, 15) is 4.79 Å². The van der Waals surface area contributed by atoms with Gasteiger partial charge in [0.15, 0.2) is 5.69 Å². The standard InChI is InChI=1S/C18H21N7O2/c1-12-10-15(25-18(21-12)19-11-20-25)23-6-8-24(9-7-23)17(26)16-13-4-2-3-5-14(13)27-22-16/h10-11H,2-9H2,1H3. The minimum absolute atomic E-state index is 0.0154. The molecule has 0 bridgehead atoms. The van der Waals surface area contributed by atoms with Gasteiger partial charge in [-0.2, -0.15) is 14.6 Å². The van der Waals surface area contributed by atoms with Gasteiger partial charge in [-0.1, -0.05) is 5.16 Å². The third kappa shape index (κ3) is 2.73. The number of amides is 1. The van der Waals surface area contributed by atoms with Gasteiger partial charge in [0.25, 0.3) is 11.7 Å². The van der Waals surface area contributed by atoms with E-state index >= 15 is 0 Å². The van der Waals surface area contributed by atoms with Gasteiger partial charge in [0, 0.05) is 49.9 Å². The molecule has 140 valence electrons. The molecule has 3 aromatic heterocycles. The molecule has 0 N–H and O–H groups in total. The van der Waals surface area contributed by atoms with Gasteiger partial charge in [-0.05, 0) is 26.2 Å². The lowest BCUT2D eigenvalue weighted by Gasteiger charge is -2.35. The van der Waals surface area contributed by atoms with Crippen molar-refractivity contribution in [2.45, 2.75) is 32.6 Å². The van der Waals surface area contributed by atoms with Crippen LogP contribution in [-0.2, 0) is 12.8 Å². The molecule has 1 fully saturated rings. The molecule has 1 aliphatic heterocycles. The Morgan fingerprint density at radius 2 is 1.96 bits per heavy atom. The molecule has 0 atom stereocenters. The molecular weight excluding hydrogens is 346 g/mol. The molecule has 0 saturated carbocycles. The maximum absolute atomic E-state index is 12.9. The maximum atomic E-state index is 12.9. The highest BCUT2D eigenvalue weighted by Gasteiger charge is 2.30. The van der Waals surface area contributed by atoms with Gasteiger partial charge in [-0.15, -0.1) is 0 Å². The molecule has 9 heteroatoms. The minimum atomic E-state index is -0.0154. The molecule has 9 nitrogen and oxygen atoms in total. The summed E-state index contributed by atoms with van der Waals surface area (Å²) in [5, 5.41) is 8.36. The first kappa shape index (κ1) is 16.2. The summed E-state index contributed by atoms with van der Waals surface area (Å²) in [6.07, 6.45) is 5.49. The Hall–Kier alpha value is -2.97. The van der Waals surface area contributed by atoms with Crippen molar-refractivity contribution in [3.8, 4) is 0 Å². The van der Waals surface area contributed by atoms with E-state index in [0.717, 1.165) is 61.6 Å². The van der Waals surface area contributed by atoms with Gasteiger partial charge in [-0.3, -0.25) is 4.79 Å². The van der Waals surface area contributed by atoms with Crippen molar-refractivity contribution < 1.29 is 9.32 Å². The predicted octanol–water partition coefficient (Wildman–Crippen LogP) is 1.26. The Kier molecular flexibility index (Phi) is 3.80. The monoisotopic (exact) mass is 367 g/mol. The molecule has 27 heavy (non-hydrogen) atoms. The first-order valence-corrected chi connectivity index (χ1v) is 9.40. The molecule has 1 amide bonds. The summed E-state index contributed by atoms with van der Waals surface area (Å²) in [4.78, 5) is 25.6. The number of aryl methyl sites for hydroxylation is 2. The van der Waals surface area contributed by atoms with E-state index in [2.05, 4.69) is 25.1 Å². The Balaban J connectivity index is 1.33. The van der Waals surface area contributed by atoms with E-state index in [-0.39, 0.29) is 5.91 Å². The Bertz CT molecular complexity index is 1000. The van der Waals surface area contributed by atoms with Gasteiger partial charge in [0.05, 0.1) is 0 Å². The number of carbonyl (C=O) groups excluding carboxylic acids is 1. The lowest BCUT2D eigenvalue weighted by Crippen LogP contribution is -2.49. The number of fused-ring (bicyclic) bond motifs is 2. The van der Waals surface area contributed by atoms with Gasteiger partial charge in [0.2, 0.25) is 0 Å². The second-order valence-electron chi connectivity index (χ2n) is 7.15. The van der Waals surface area contributed by atoms with Crippen LogP contribution in [0.5, 0.6) is 0 Å². The fraction of sp³-hybridized carbons (Fsp3) is 0.500. The summed E-state index contributed by atoms with van der Waals surface area (Å²) in [6, 6.07) is 2.01. The predicted molar refractivity (Wildman–Crippen MR) is 96.8 cm³/mol. The first-order valence-electron chi connectivity index (χ1n) is 9.40. The Morgan fingerprint density at radius 3 is 2.81 bits per heavy atom. The zero-order valence-electron chi connectivity index (χ0n) is 15.3. The van der Waals surface area contributed by atoms with Gasteiger partial charge in [0.1, 0.15) is 17.9 Å². The van der Waals surface area contributed by atoms with Gasteiger partial charge in [-0.25, -0.2) is 4.98 Å². The van der Waals surface area contributed by atoms with Crippen molar-refractivity contribution in [2.24, 2.45) is 0 Å². The first-order chi connectivity index (χ1) is 13.2. The largest absolute Gasteiger partial charge is 0.360 e. The average molecular weight is 367 g/mol. The van der Waals surface area contributed by atoms with Crippen LogP contribution in [0.4, 0.5) is 5.82 Å². The van der Waals surface area contributed by atoms with Gasteiger partial charge >= 0.3 is 0 Å². The molecule has 0 spiro atoms. The van der Waals surface area contributed by atoms with Crippen LogP contribution in [0.2, 0.25) is 0 Å². The number of aromatic nitrogens is 5. The summed E-state index contributed by atoms with van der Waals surface area (Å²) >= 11 is 0. The summed E-state index contributed by atoms with van der Waals surface area (Å²) in [5.74, 6) is 2.43. The quantitative estimate of drug-likeness (QED) is 0.673. The van der Waals surface area contributed by atoms with Crippen molar-refractivity contribution in [3.63, 3.8) is 0 Å². The molecule has 0 radical (unpaired) electrons. The third-order valence-electron chi connectivity index (χ3n) is 5.40. The van der Waals surface area contributed by atoms with E-state index in [4.69, 9.17) is 4.52 Å². The fourth-order valence-corrected chi connectivity index (χ4v) is 3.98. The molecule has 0 unspecified atom stereocenters. The Morgan fingerprint density at radius 1 is 1.15 bits per heavy atom. The molecule has 5 rings (SSSR count). The zero-order valence-corrected chi connectivity index (χ0v) is 15.3. The molecule has 4 heterocycles. The van der Waals surface area contributed by atoms with Crippen molar-refractivity contribution in [1.82, 2.24) is 29.6 Å². The van der Waals surface area contributed by atoms with Crippen LogP contribution >= 0.6 is 0 Å². The summed E-state index contributed by atoms with van der Waals surface area (Å²) < 4.78 is 7.16. The van der Waals surface area contributed by atoms with Crippen LogP contribution in [0.25, 0.3) is 5.78 Å². The van der Waals surface area contributed by atoms with E-state index in [1.807, 2.05) is 17.9 Å². The van der Waals surface area contributed by atoms with Crippen LogP contribution in [-0.4, -0.2) is 61.7 Å². The molecule has 0 aromatic carbocycles. The normalized spacial score (nSPS) is 17.4. The number of carbonyl (C=O) groups is 1. The zero-order chi connectivity index (χ0) is 18.4. The molecule has 2 aliphatic rings. The number of hydrogen-bond acceptors (Lipinski definition) is 7. The lowest BCUT2D eigenvalue weighted by atomic mass is 9.96.